The van der Waals surface area contributed by atoms with Crippen LogP contribution in [0.1, 0.15) is 12.5 Å². The molecule has 3 rings (SSSR count). The molecule has 0 bridgehead atoms. The molecule has 0 saturated carbocycles. The highest BCUT2D eigenvalue weighted by Crippen LogP contribution is 2.28. The fraction of sp³-hybridized carbons (Fsp3) is 0.200. The molecule has 1 heterocycles. The summed E-state index contributed by atoms with van der Waals surface area (Å²) >= 11 is 1.37. The maximum atomic E-state index is 13.6. The molecule has 0 aliphatic rings. The minimum absolute atomic E-state index is 0.192. The van der Waals surface area contributed by atoms with E-state index < -0.39 is 0 Å². The molecule has 3 aromatic rings. The molecule has 4 nitrogen and oxygen atoms in total. The first-order valence-electron chi connectivity index (χ1n) is 8.26. The highest BCUT2D eigenvalue weighted by molar-refractivity contribution is 8.00. The van der Waals surface area contributed by atoms with Gasteiger partial charge in [0, 0.05) is 12.7 Å². The smallest absolute Gasteiger partial charge is 0.237 e. The number of nitrogens with zero attached hydrogens (tertiary/aromatic N) is 2. The molecule has 2 aromatic carbocycles. The zero-order valence-electron chi connectivity index (χ0n) is 14.9. The minimum atomic E-state index is -0.371. The number of nitrogens with one attached hydrogen (secondary N) is 1. The molecule has 26 heavy (non-hydrogen) atoms. The van der Waals surface area contributed by atoms with Crippen LogP contribution in [-0.2, 0) is 11.8 Å². The third-order valence-electron chi connectivity index (χ3n) is 4.11. The Kier molecular flexibility index (Phi) is 5.42. The summed E-state index contributed by atoms with van der Waals surface area (Å²) in [6.45, 7) is 3.49. The summed E-state index contributed by atoms with van der Waals surface area (Å²) in [5, 5.41) is 3.13. The van der Waals surface area contributed by atoms with Gasteiger partial charge in [0.25, 0.3) is 0 Å². The Balaban J connectivity index is 1.69. The molecule has 0 fully saturated rings. The van der Waals surface area contributed by atoms with Crippen molar-refractivity contribution in [2.75, 3.05) is 5.32 Å². The fourth-order valence-corrected chi connectivity index (χ4v) is 3.36. The van der Waals surface area contributed by atoms with Gasteiger partial charge in [0.05, 0.1) is 17.1 Å². The summed E-state index contributed by atoms with van der Waals surface area (Å²) in [6.07, 6.45) is 1.80. The third kappa shape index (κ3) is 3.96. The fourth-order valence-electron chi connectivity index (χ4n) is 2.51. The molecule has 0 saturated heterocycles. The largest absolute Gasteiger partial charge is 0.325 e. The molecule has 134 valence electrons. The summed E-state index contributed by atoms with van der Waals surface area (Å²) in [4.78, 5) is 16.8. The van der Waals surface area contributed by atoms with Crippen molar-refractivity contribution in [3.63, 3.8) is 0 Å². The van der Waals surface area contributed by atoms with E-state index in [1.54, 1.807) is 32.2 Å². The van der Waals surface area contributed by atoms with Crippen LogP contribution in [0.2, 0.25) is 0 Å². The minimum Gasteiger partial charge on any atom is -0.325 e. The van der Waals surface area contributed by atoms with Gasteiger partial charge in [-0.1, -0.05) is 48.2 Å². The van der Waals surface area contributed by atoms with Crippen LogP contribution >= 0.6 is 11.8 Å². The Hall–Kier alpha value is -2.60. The van der Waals surface area contributed by atoms with Gasteiger partial charge in [0.1, 0.15) is 5.82 Å². The number of carbonyl (C=O) groups is 1. The summed E-state index contributed by atoms with van der Waals surface area (Å²) < 4.78 is 15.6. The number of aryl methyl sites for hydroxylation is 1. The Morgan fingerprint density at radius 3 is 2.65 bits per heavy atom. The van der Waals surface area contributed by atoms with Crippen LogP contribution < -0.4 is 5.32 Å². The lowest BCUT2D eigenvalue weighted by Crippen LogP contribution is -2.23. The van der Waals surface area contributed by atoms with Gasteiger partial charge < -0.3 is 9.88 Å². The van der Waals surface area contributed by atoms with Crippen molar-refractivity contribution in [1.82, 2.24) is 9.55 Å². The number of aromatic nitrogens is 2. The van der Waals surface area contributed by atoms with Crippen LogP contribution in [0.5, 0.6) is 0 Å². The Bertz CT molecular complexity index is 924. The van der Waals surface area contributed by atoms with Crippen LogP contribution in [0.4, 0.5) is 10.1 Å². The molecule has 0 aliphatic heterocycles. The molecule has 6 heteroatoms. The number of imidazole rings is 1. The van der Waals surface area contributed by atoms with Crippen molar-refractivity contribution in [3.05, 3.63) is 66.1 Å². The van der Waals surface area contributed by atoms with Gasteiger partial charge in [-0.3, -0.25) is 4.79 Å². The molecular weight excluding hydrogens is 349 g/mol. The molecule has 0 radical (unpaired) electrons. The Morgan fingerprint density at radius 1 is 1.23 bits per heavy atom. The third-order valence-corrected chi connectivity index (χ3v) is 5.26. The molecule has 1 amide bonds. The second-order valence-electron chi connectivity index (χ2n) is 6.06. The van der Waals surface area contributed by atoms with E-state index in [2.05, 4.69) is 10.3 Å². The van der Waals surface area contributed by atoms with Gasteiger partial charge in [0.2, 0.25) is 5.91 Å². The van der Waals surface area contributed by atoms with Crippen LogP contribution in [0.15, 0.2) is 59.9 Å². The van der Waals surface area contributed by atoms with Gasteiger partial charge in [-0.2, -0.15) is 0 Å². The normalized spacial score (nSPS) is 12.0. The number of hydrogen-bond acceptors (Lipinski definition) is 3. The van der Waals surface area contributed by atoms with Gasteiger partial charge in [-0.15, -0.1) is 0 Å². The number of hydrogen-bond donors (Lipinski definition) is 1. The van der Waals surface area contributed by atoms with Crippen LogP contribution in [0, 0.1) is 12.7 Å². The quantitative estimate of drug-likeness (QED) is 0.666. The van der Waals surface area contributed by atoms with Crippen molar-refractivity contribution in [2.45, 2.75) is 24.3 Å². The zero-order valence-corrected chi connectivity index (χ0v) is 15.7. The second kappa shape index (κ2) is 7.74. The predicted octanol–water partition coefficient (Wildman–Crippen LogP) is 4.65. The Morgan fingerprint density at radius 2 is 1.96 bits per heavy atom. The number of benzene rings is 2. The highest BCUT2D eigenvalue weighted by atomic mass is 32.2. The first-order chi connectivity index (χ1) is 12.5. The van der Waals surface area contributed by atoms with Gasteiger partial charge in [-0.25, -0.2) is 9.37 Å². The lowest BCUT2D eigenvalue weighted by atomic mass is 10.2. The standard InChI is InChI=1S/C20H20FN3OS/c1-13-9-10-16(11-17(13)21)23-19(25)14(2)26-20-22-12-18(24(20)3)15-7-5-4-6-8-15/h4-12,14H,1-3H3,(H,23,25). The van der Waals surface area contributed by atoms with Crippen molar-refractivity contribution < 1.29 is 9.18 Å². The first-order valence-corrected chi connectivity index (χ1v) is 9.14. The van der Waals surface area contributed by atoms with E-state index in [9.17, 15) is 9.18 Å². The maximum absolute atomic E-state index is 13.6. The number of rotatable bonds is 5. The van der Waals surface area contributed by atoms with E-state index in [4.69, 9.17) is 0 Å². The summed E-state index contributed by atoms with van der Waals surface area (Å²) in [5.74, 6) is -0.526. The van der Waals surface area contributed by atoms with E-state index in [0.717, 1.165) is 16.4 Å². The molecular formula is C20H20FN3OS. The topological polar surface area (TPSA) is 46.9 Å². The SMILES string of the molecule is Cc1ccc(NC(=O)C(C)Sc2ncc(-c3ccccc3)n2C)cc1F. The van der Waals surface area contributed by atoms with Gasteiger partial charge >= 0.3 is 0 Å². The molecule has 1 atom stereocenters. The second-order valence-corrected chi connectivity index (χ2v) is 7.37. The van der Waals surface area contributed by atoms with Crippen molar-refractivity contribution in [2.24, 2.45) is 7.05 Å². The maximum Gasteiger partial charge on any atom is 0.237 e. The van der Waals surface area contributed by atoms with E-state index >= 15 is 0 Å². The van der Waals surface area contributed by atoms with E-state index in [-0.39, 0.29) is 17.0 Å². The van der Waals surface area contributed by atoms with Gasteiger partial charge in [0.15, 0.2) is 5.16 Å². The van der Waals surface area contributed by atoms with Crippen molar-refractivity contribution in [1.29, 1.82) is 0 Å². The molecule has 0 spiro atoms. The number of thioether (sulfide) groups is 1. The first kappa shape index (κ1) is 18.2. The number of anilines is 1. The molecule has 0 aliphatic carbocycles. The molecule has 1 N–H and O–H groups in total. The van der Waals surface area contributed by atoms with Crippen LogP contribution in [0.3, 0.4) is 0 Å². The average Bonchev–Trinajstić information content (AvgIpc) is 2.99. The summed E-state index contributed by atoms with van der Waals surface area (Å²) in [5.41, 5.74) is 3.06. The summed E-state index contributed by atoms with van der Waals surface area (Å²) in [7, 11) is 1.93. The number of carbonyl (C=O) groups excluding carboxylic acids is 1. The van der Waals surface area contributed by atoms with E-state index in [0.29, 0.717) is 11.3 Å². The molecule has 1 unspecified atom stereocenters. The lowest BCUT2D eigenvalue weighted by Gasteiger charge is -2.13. The number of amides is 1. The van der Waals surface area contributed by atoms with E-state index in [1.807, 2.05) is 41.9 Å². The van der Waals surface area contributed by atoms with Gasteiger partial charge in [-0.05, 0) is 37.1 Å². The highest BCUT2D eigenvalue weighted by Gasteiger charge is 2.18. The monoisotopic (exact) mass is 369 g/mol. The zero-order chi connectivity index (χ0) is 18.7. The van der Waals surface area contributed by atoms with Crippen LogP contribution in [-0.4, -0.2) is 20.7 Å². The van der Waals surface area contributed by atoms with Crippen LogP contribution in [0.25, 0.3) is 11.3 Å². The number of halogens is 1. The van der Waals surface area contributed by atoms with E-state index in [1.165, 1.54) is 17.8 Å². The van der Waals surface area contributed by atoms with Crippen molar-refractivity contribution >= 4 is 23.4 Å². The molecule has 1 aromatic heterocycles. The predicted molar refractivity (Wildman–Crippen MR) is 104 cm³/mol. The average molecular weight is 369 g/mol. The summed E-state index contributed by atoms with van der Waals surface area (Å²) in [6, 6.07) is 14.6. The lowest BCUT2D eigenvalue weighted by molar-refractivity contribution is -0.115. The Labute approximate surface area is 156 Å². The van der Waals surface area contributed by atoms with Crippen molar-refractivity contribution in [3.8, 4) is 11.3 Å².